The van der Waals surface area contributed by atoms with Crippen LogP contribution in [0.5, 0.6) is 0 Å². The molecule has 1 fully saturated rings. The average molecular weight is 350 g/mol. The number of piperidine rings is 1. The Balaban J connectivity index is 1.90. The van der Waals surface area contributed by atoms with E-state index in [1.807, 2.05) is 24.3 Å². The highest BCUT2D eigenvalue weighted by atomic mass is 16.6. The number of hydrogen-bond donors (Lipinski definition) is 1. The van der Waals surface area contributed by atoms with Crippen LogP contribution in [0.3, 0.4) is 0 Å². The molecule has 5 heteroatoms. The summed E-state index contributed by atoms with van der Waals surface area (Å²) in [6.45, 7) is 3.37. The number of benzene rings is 2. The van der Waals surface area contributed by atoms with Gasteiger partial charge in [-0.05, 0) is 30.9 Å². The number of nitro benzene ring substituents is 1. The summed E-state index contributed by atoms with van der Waals surface area (Å²) in [5.74, 6) is 0. The zero-order chi connectivity index (χ0) is 18.1. The van der Waals surface area contributed by atoms with Gasteiger partial charge in [-0.2, -0.15) is 0 Å². The van der Waals surface area contributed by atoms with E-state index in [-0.39, 0.29) is 10.6 Å². The van der Waals surface area contributed by atoms with E-state index in [9.17, 15) is 10.1 Å². The Morgan fingerprint density at radius 1 is 1.08 bits per heavy atom. The number of quaternary nitrogens is 1. The molecule has 1 aromatic heterocycles. The SMILES string of the molecule is Cn1c(C[NH+]2CCCCC2)c(-c2ccccc2)c2cc([N+](=O)[O-])ccc21. The van der Waals surface area contributed by atoms with Crippen molar-refractivity contribution in [2.75, 3.05) is 13.1 Å². The molecular formula is C21H24N3O2+. The number of rotatable bonds is 4. The summed E-state index contributed by atoms with van der Waals surface area (Å²) in [7, 11) is 2.08. The molecule has 1 saturated heterocycles. The van der Waals surface area contributed by atoms with Gasteiger partial charge in [0.2, 0.25) is 0 Å². The van der Waals surface area contributed by atoms with E-state index < -0.39 is 0 Å². The van der Waals surface area contributed by atoms with Crippen molar-refractivity contribution in [3.05, 3.63) is 64.3 Å². The molecule has 2 heterocycles. The molecule has 26 heavy (non-hydrogen) atoms. The van der Waals surface area contributed by atoms with Crippen molar-refractivity contribution >= 4 is 16.6 Å². The van der Waals surface area contributed by atoms with Gasteiger partial charge in [-0.15, -0.1) is 0 Å². The molecule has 1 aliphatic rings. The maximum Gasteiger partial charge on any atom is 0.270 e. The van der Waals surface area contributed by atoms with Gasteiger partial charge in [0.25, 0.3) is 5.69 Å². The fourth-order valence-corrected chi connectivity index (χ4v) is 4.20. The monoisotopic (exact) mass is 350 g/mol. The predicted octanol–water partition coefficient (Wildman–Crippen LogP) is 3.32. The van der Waals surface area contributed by atoms with Crippen molar-refractivity contribution in [3.63, 3.8) is 0 Å². The number of nitrogens with one attached hydrogen (secondary N) is 1. The lowest BCUT2D eigenvalue weighted by molar-refractivity contribution is -0.918. The second-order valence-corrected chi connectivity index (χ2v) is 7.19. The molecule has 4 rings (SSSR count). The van der Waals surface area contributed by atoms with E-state index in [1.165, 1.54) is 38.0 Å². The molecule has 0 atom stereocenters. The lowest BCUT2D eigenvalue weighted by Gasteiger charge is -2.24. The highest BCUT2D eigenvalue weighted by Gasteiger charge is 2.23. The lowest BCUT2D eigenvalue weighted by atomic mass is 10.0. The highest BCUT2D eigenvalue weighted by Crippen LogP contribution is 2.36. The van der Waals surface area contributed by atoms with Crippen LogP contribution in [0.4, 0.5) is 5.69 Å². The molecule has 2 aromatic carbocycles. The Morgan fingerprint density at radius 2 is 1.81 bits per heavy atom. The summed E-state index contributed by atoms with van der Waals surface area (Å²) < 4.78 is 2.23. The number of non-ortho nitro benzene ring substituents is 1. The maximum atomic E-state index is 11.3. The van der Waals surface area contributed by atoms with Crippen LogP contribution < -0.4 is 4.90 Å². The van der Waals surface area contributed by atoms with E-state index >= 15 is 0 Å². The van der Waals surface area contributed by atoms with Gasteiger partial charge in [-0.1, -0.05) is 30.3 Å². The van der Waals surface area contributed by atoms with Crippen LogP contribution in [0.25, 0.3) is 22.0 Å². The van der Waals surface area contributed by atoms with Crippen LogP contribution in [0, 0.1) is 10.1 Å². The number of aryl methyl sites for hydroxylation is 1. The van der Waals surface area contributed by atoms with E-state index in [0.717, 1.165) is 28.6 Å². The minimum atomic E-state index is -0.309. The van der Waals surface area contributed by atoms with Crippen molar-refractivity contribution in [3.8, 4) is 11.1 Å². The number of nitrogens with zero attached hydrogens (tertiary/aromatic N) is 2. The molecule has 1 N–H and O–H groups in total. The van der Waals surface area contributed by atoms with Crippen LogP contribution in [0.15, 0.2) is 48.5 Å². The molecule has 0 amide bonds. The molecule has 5 nitrogen and oxygen atoms in total. The van der Waals surface area contributed by atoms with Crippen LogP contribution in [0.2, 0.25) is 0 Å². The number of likely N-dealkylation sites (tertiary alicyclic amines) is 1. The van der Waals surface area contributed by atoms with Gasteiger partial charge < -0.3 is 9.47 Å². The van der Waals surface area contributed by atoms with E-state index in [2.05, 4.69) is 23.7 Å². The van der Waals surface area contributed by atoms with Gasteiger partial charge in [0.05, 0.1) is 23.7 Å². The first-order valence-electron chi connectivity index (χ1n) is 9.30. The Kier molecular flexibility index (Phi) is 4.47. The third-order valence-electron chi connectivity index (χ3n) is 5.56. The van der Waals surface area contributed by atoms with E-state index in [4.69, 9.17) is 0 Å². The average Bonchev–Trinajstić information content (AvgIpc) is 2.95. The molecular weight excluding hydrogens is 326 g/mol. The zero-order valence-corrected chi connectivity index (χ0v) is 15.1. The van der Waals surface area contributed by atoms with Crippen molar-refractivity contribution in [1.82, 2.24) is 4.57 Å². The molecule has 0 aliphatic carbocycles. The van der Waals surface area contributed by atoms with Crippen LogP contribution in [0.1, 0.15) is 25.0 Å². The normalized spacial score (nSPS) is 15.4. The van der Waals surface area contributed by atoms with Gasteiger partial charge in [0, 0.05) is 35.6 Å². The van der Waals surface area contributed by atoms with Gasteiger partial charge in [0.15, 0.2) is 0 Å². The first-order chi connectivity index (χ1) is 12.6. The minimum Gasteiger partial charge on any atom is -0.342 e. The number of hydrogen-bond acceptors (Lipinski definition) is 2. The lowest BCUT2D eigenvalue weighted by Crippen LogP contribution is -3.11. The number of aromatic nitrogens is 1. The topological polar surface area (TPSA) is 52.5 Å². The second-order valence-electron chi connectivity index (χ2n) is 7.19. The molecule has 0 unspecified atom stereocenters. The summed E-state index contributed by atoms with van der Waals surface area (Å²) in [6, 6.07) is 15.5. The zero-order valence-electron chi connectivity index (χ0n) is 15.1. The first kappa shape index (κ1) is 16.8. The maximum absolute atomic E-state index is 11.3. The third-order valence-corrected chi connectivity index (χ3v) is 5.56. The molecule has 0 bridgehead atoms. The molecule has 0 saturated carbocycles. The molecule has 0 radical (unpaired) electrons. The van der Waals surface area contributed by atoms with Crippen molar-refractivity contribution in [1.29, 1.82) is 0 Å². The van der Waals surface area contributed by atoms with Crippen LogP contribution >= 0.6 is 0 Å². The van der Waals surface area contributed by atoms with Crippen molar-refractivity contribution < 1.29 is 9.82 Å². The summed E-state index contributed by atoms with van der Waals surface area (Å²) >= 11 is 0. The largest absolute Gasteiger partial charge is 0.342 e. The molecule has 1 aliphatic heterocycles. The van der Waals surface area contributed by atoms with Gasteiger partial charge in [0.1, 0.15) is 6.54 Å². The number of fused-ring (bicyclic) bond motifs is 1. The second kappa shape index (κ2) is 6.92. The standard InChI is InChI=1S/C21H23N3O2/c1-22-19-11-10-17(24(25)26)14-18(19)21(16-8-4-2-5-9-16)20(22)15-23-12-6-3-7-13-23/h2,4-5,8-11,14H,3,6-7,12-13,15H2,1H3/p+1. The van der Waals surface area contributed by atoms with Crippen molar-refractivity contribution in [2.24, 2.45) is 7.05 Å². The van der Waals surface area contributed by atoms with Gasteiger partial charge >= 0.3 is 0 Å². The minimum absolute atomic E-state index is 0.150. The molecule has 3 aromatic rings. The summed E-state index contributed by atoms with van der Waals surface area (Å²) in [5, 5.41) is 12.3. The Labute approximate surface area is 153 Å². The van der Waals surface area contributed by atoms with Crippen molar-refractivity contribution in [2.45, 2.75) is 25.8 Å². The Hall–Kier alpha value is -2.66. The van der Waals surface area contributed by atoms with Crippen LogP contribution in [-0.4, -0.2) is 22.6 Å². The predicted molar refractivity (Wildman–Crippen MR) is 103 cm³/mol. The van der Waals surface area contributed by atoms with Gasteiger partial charge in [-0.3, -0.25) is 10.1 Å². The first-order valence-corrected chi connectivity index (χ1v) is 9.30. The summed E-state index contributed by atoms with van der Waals surface area (Å²) in [5.41, 5.74) is 4.75. The Bertz CT molecular complexity index is 941. The highest BCUT2D eigenvalue weighted by molar-refractivity contribution is 5.99. The molecule has 0 spiro atoms. The molecule has 134 valence electrons. The smallest absolute Gasteiger partial charge is 0.270 e. The van der Waals surface area contributed by atoms with E-state index in [1.54, 1.807) is 17.0 Å². The fourth-order valence-electron chi connectivity index (χ4n) is 4.20. The quantitative estimate of drug-likeness (QED) is 0.580. The van der Waals surface area contributed by atoms with Gasteiger partial charge in [-0.25, -0.2) is 0 Å². The number of nitro groups is 1. The Morgan fingerprint density at radius 3 is 2.50 bits per heavy atom. The summed E-state index contributed by atoms with van der Waals surface area (Å²) in [4.78, 5) is 12.6. The van der Waals surface area contributed by atoms with Crippen LogP contribution in [-0.2, 0) is 13.6 Å². The van der Waals surface area contributed by atoms with E-state index in [0.29, 0.717) is 0 Å². The third kappa shape index (κ3) is 2.99. The fraction of sp³-hybridized carbons (Fsp3) is 0.333. The summed E-state index contributed by atoms with van der Waals surface area (Å²) in [6.07, 6.45) is 3.90.